The van der Waals surface area contributed by atoms with E-state index in [4.69, 9.17) is 0 Å². The first-order valence-electron chi connectivity index (χ1n) is 11.2. The lowest BCUT2D eigenvalue weighted by atomic mass is 9.93. The normalized spacial score (nSPS) is 11.7. The van der Waals surface area contributed by atoms with Gasteiger partial charge < -0.3 is 5.32 Å². The minimum atomic E-state index is -3.92. The summed E-state index contributed by atoms with van der Waals surface area (Å²) < 4.78 is 28.8. The zero-order chi connectivity index (χ0) is 24.0. The highest BCUT2D eigenvalue weighted by molar-refractivity contribution is 7.92. The number of benzene rings is 3. The van der Waals surface area contributed by atoms with Crippen molar-refractivity contribution in [2.24, 2.45) is 11.8 Å². The molecule has 0 fully saturated rings. The Morgan fingerprint density at radius 1 is 0.788 bits per heavy atom. The summed E-state index contributed by atoms with van der Waals surface area (Å²) in [6.45, 7) is 8.38. The SMILES string of the molecule is CC(C)C(NC(=O)c1ccccc1N(Cc1ccccc1)S(=O)(=O)c1ccccc1)C(C)C. The van der Waals surface area contributed by atoms with E-state index in [0.29, 0.717) is 11.3 Å². The van der Waals surface area contributed by atoms with Crippen LogP contribution in [0.3, 0.4) is 0 Å². The zero-order valence-corrected chi connectivity index (χ0v) is 20.4. The molecule has 0 radical (unpaired) electrons. The van der Waals surface area contributed by atoms with Crippen LogP contribution in [0, 0.1) is 11.8 Å². The molecule has 6 heteroatoms. The van der Waals surface area contributed by atoms with E-state index in [-0.39, 0.29) is 35.2 Å². The van der Waals surface area contributed by atoms with Crippen LogP contribution in [0.2, 0.25) is 0 Å². The molecule has 0 bridgehead atoms. The van der Waals surface area contributed by atoms with Crippen molar-refractivity contribution in [2.75, 3.05) is 4.31 Å². The van der Waals surface area contributed by atoms with Crippen LogP contribution in [0.5, 0.6) is 0 Å². The largest absolute Gasteiger partial charge is 0.349 e. The molecule has 0 atom stereocenters. The first-order valence-corrected chi connectivity index (χ1v) is 12.7. The Balaban J connectivity index is 2.09. The number of hydrogen-bond donors (Lipinski definition) is 1. The number of sulfonamides is 1. The second-order valence-electron chi connectivity index (χ2n) is 8.81. The first kappa shape index (κ1) is 24.5. The summed E-state index contributed by atoms with van der Waals surface area (Å²) in [7, 11) is -3.92. The Labute approximate surface area is 197 Å². The number of anilines is 1. The van der Waals surface area contributed by atoms with Crippen molar-refractivity contribution in [3.05, 3.63) is 96.1 Å². The van der Waals surface area contributed by atoms with Crippen molar-refractivity contribution in [1.82, 2.24) is 5.32 Å². The molecule has 0 saturated carbocycles. The average Bonchev–Trinajstić information content (AvgIpc) is 2.81. The van der Waals surface area contributed by atoms with Crippen LogP contribution in [-0.4, -0.2) is 20.4 Å². The average molecular weight is 465 g/mol. The summed E-state index contributed by atoms with van der Waals surface area (Å²) in [6, 6.07) is 24.6. The van der Waals surface area contributed by atoms with Crippen LogP contribution in [-0.2, 0) is 16.6 Å². The van der Waals surface area contributed by atoms with Crippen molar-refractivity contribution in [2.45, 2.75) is 45.2 Å². The summed E-state index contributed by atoms with van der Waals surface area (Å²) in [4.78, 5) is 13.6. The Bertz CT molecular complexity index is 1150. The highest BCUT2D eigenvalue weighted by atomic mass is 32.2. The number of para-hydroxylation sites is 1. The smallest absolute Gasteiger partial charge is 0.264 e. The van der Waals surface area contributed by atoms with Crippen LogP contribution < -0.4 is 9.62 Å². The topological polar surface area (TPSA) is 66.5 Å². The number of carbonyl (C=O) groups is 1. The van der Waals surface area contributed by atoms with Gasteiger partial charge in [-0.15, -0.1) is 0 Å². The molecule has 0 saturated heterocycles. The predicted octanol–water partition coefficient (Wildman–Crippen LogP) is 5.49. The Hall–Kier alpha value is -3.12. The van der Waals surface area contributed by atoms with Gasteiger partial charge in [0.15, 0.2) is 0 Å². The van der Waals surface area contributed by atoms with Gasteiger partial charge in [-0.1, -0.05) is 88.4 Å². The lowest BCUT2D eigenvalue weighted by Crippen LogP contribution is -2.43. The third kappa shape index (κ3) is 5.82. The molecular formula is C27H32N2O3S. The number of carbonyl (C=O) groups excluding carboxylic acids is 1. The maximum absolute atomic E-state index is 13.7. The third-order valence-electron chi connectivity index (χ3n) is 5.65. The van der Waals surface area contributed by atoms with Crippen LogP contribution in [0.15, 0.2) is 89.8 Å². The van der Waals surface area contributed by atoms with Gasteiger partial charge in [-0.05, 0) is 41.7 Å². The van der Waals surface area contributed by atoms with E-state index in [1.165, 1.54) is 4.31 Å². The molecule has 33 heavy (non-hydrogen) atoms. The molecule has 0 aliphatic carbocycles. The van der Waals surface area contributed by atoms with Gasteiger partial charge in [0.05, 0.1) is 22.7 Å². The fourth-order valence-corrected chi connectivity index (χ4v) is 5.48. The van der Waals surface area contributed by atoms with Crippen molar-refractivity contribution in [1.29, 1.82) is 0 Å². The number of rotatable bonds is 9. The lowest BCUT2D eigenvalue weighted by molar-refractivity contribution is 0.0911. The molecule has 0 spiro atoms. The van der Waals surface area contributed by atoms with Crippen LogP contribution in [0.1, 0.15) is 43.6 Å². The van der Waals surface area contributed by atoms with Crippen LogP contribution in [0.4, 0.5) is 5.69 Å². The number of amides is 1. The molecule has 0 unspecified atom stereocenters. The van der Waals surface area contributed by atoms with Gasteiger partial charge in [0.25, 0.3) is 15.9 Å². The molecule has 3 rings (SSSR count). The molecule has 5 nitrogen and oxygen atoms in total. The third-order valence-corrected chi connectivity index (χ3v) is 7.43. The highest BCUT2D eigenvalue weighted by Gasteiger charge is 2.29. The Morgan fingerprint density at radius 3 is 1.88 bits per heavy atom. The lowest BCUT2D eigenvalue weighted by Gasteiger charge is -2.29. The van der Waals surface area contributed by atoms with Gasteiger partial charge in [0, 0.05) is 6.04 Å². The summed E-state index contributed by atoms with van der Waals surface area (Å²) in [5, 5.41) is 3.12. The summed E-state index contributed by atoms with van der Waals surface area (Å²) in [5.74, 6) is 0.212. The minimum absolute atomic E-state index is 0.0288. The first-order chi connectivity index (χ1) is 15.7. The molecular weight excluding hydrogens is 432 g/mol. The van der Waals surface area contributed by atoms with E-state index >= 15 is 0 Å². The van der Waals surface area contributed by atoms with Crippen molar-refractivity contribution < 1.29 is 13.2 Å². The Morgan fingerprint density at radius 2 is 1.30 bits per heavy atom. The monoisotopic (exact) mass is 464 g/mol. The van der Waals surface area contributed by atoms with E-state index in [1.54, 1.807) is 54.6 Å². The van der Waals surface area contributed by atoms with E-state index < -0.39 is 10.0 Å². The van der Waals surface area contributed by atoms with E-state index in [1.807, 2.05) is 30.3 Å². The van der Waals surface area contributed by atoms with E-state index in [9.17, 15) is 13.2 Å². The maximum Gasteiger partial charge on any atom is 0.264 e. The van der Waals surface area contributed by atoms with Gasteiger partial charge in [-0.3, -0.25) is 9.10 Å². The second-order valence-corrected chi connectivity index (χ2v) is 10.7. The molecule has 1 N–H and O–H groups in total. The van der Waals surface area contributed by atoms with Gasteiger partial charge >= 0.3 is 0 Å². The molecule has 3 aromatic carbocycles. The molecule has 0 aromatic heterocycles. The fraction of sp³-hybridized carbons (Fsp3) is 0.296. The molecule has 174 valence electrons. The van der Waals surface area contributed by atoms with Crippen LogP contribution in [0.25, 0.3) is 0 Å². The van der Waals surface area contributed by atoms with Gasteiger partial charge in [0.1, 0.15) is 0 Å². The van der Waals surface area contributed by atoms with Crippen molar-refractivity contribution >= 4 is 21.6 Å². The quantitative estimate of drug-likeness (QED) is 0.455. The predicted molar refractivity (Wildman–Crippen MR) is 134 cm³/mol. The van der Waals surface area contributed by atoms with Gasteiger partial charge in [0.2, 0.25) is 0 Å². The molecule has 1 amide bonds. The van der Waals surface area contributed by atoms with E-state index in [2.05, 4.69) is 33.0 Å². The van der Waals surface area contributed by atoms with Gasteiger partial charge in [-0.2, -0.15) is 0 Å². The summed E-state index contributed by atoms with van der Waals surface area (Å²) >= 11 is 0. The van der Waals surface area contributed by atoms with Gasteiger partial charge in [-0.25, -0.2) is 8.42 Å². The Kier molecular flexibility index (Phi) is 7.92. The van der Waals surface area contributed by atoms with E-state index in [0.717, 1.165) is 5.56 Å². The molecule has 0 aliphatic rings. The second kappa shape index (κ2) is 10.7. The fourth-order valence-electron chi connectivity index (χ4n) is 3.98. The molecule has 3 aromatic rings. The molecule has 0 heterocycles. The number of nitrogens with one attached hydrogen (secondary N) is 1. The maximum atomic E-state index is 13.7. The minimum Gasteiger partial charge on any atom is -0.349 e. The van der Waals surface area contributed by atoms with Crippen LogP contribution >= 0.6 is 0 Å². The number of hydrogen-bond acceptors (Lipinski definition) is 3. The highest BCUT2D eigenvalue weighted by Crippen LogP contribution is 2.29. The number of nitrogens with zero attached hydrogens (tertiary/aromatic N) is 1. The summed E-state index contributed by atoms with van der Waals surface area (Å²) in [6.07, 6.45) is 0. The summed E-state index contributed by atoms with van der Waals surface area (Å²) in [5.41, 5.74) is 1.52. The van der Waals surface area contributed by atoms with Crippen molar-refractivity contribution in [3.8, 4) is 0 Å². The van der Waals surface area contributed by atoms with Crippen molar-refractivity contribution in [3.63, 3.8) is 0 Å². The standard InChI is InChI=1S/C27H32N2O3S/c1-20(2)26(21(3)4)28-27(30)24-17-11-12-18-25(24)29(19-22-13-7-5-8-14-22)33(31,32)23-15-9-6-10-16-23/h5-18,20-21,26H,19H2,1-4H3,(H,28,30). The molecule has 0 aliphatic heterocycles. The zero-order valence-electron chi connectivity index (χ0n) is 19.6.